The highest BCUT2D eigenvalue weighted by atomic mass is 79.9. The van der Waals surface area contributed by atoms with Crippen molar-refractivity contribution in [1.82, 2.24) is 4.90 Å². The van der Waals surface area contributed by atoms with Crippen molar-refractivity contribution >= 4 is 56.5 Å². The average molecular weight is 465 g/mol. The van der Waals surface area contributed by atoms with Crippen LogP contribution in [0.15, 0.2) is 70.1 Å². The summed E-state index contributed by atoms with van der Waals surface area (Å²) in [6.45, 7) is 0.401. The first-order chi connectivity index (χ1) is 13.0. The zero-order valence-corrected chi connectivity index (χ0v) is 17.3. The van der Waals surface area contributed by atoms with E-state index in [2.05, 4.69) is 15.9 Å². The summed E-state index contributed by atoms with van der Waals surface area (Å²) in [6.07, 6.45) is 3.55. The largest absolute Gasteiger partial charge is 0.492 e. The highest BCUT2D eigenvalue weighted by Crippen LogP contribution is 2.32. The molecule has 1 saturated heterocycles. The molecule has 3 rings (SSSR count). The first-order valence-electron chi connectivity index (χ1n) is 8.09. The number of amides is 2. The summed E-state index contributed by atoms with van der Waals surface area (Å²) < 4.78 is 6.28. The summed E-state index contributed by atoms with van der Waals surface area (Å²) in [5.74, 6) is 0.318. The molecule has 2 aromatic rings. The van der Waals surface area contributed by atoms with Gasteiger partial charge in [0.2, 0.25) is 0 Å². The molecule has 7 heteroatoms. The Morgan fingerprint density at radius 3 is 2.52 bits per heavy atom. The zero-order chi connectivity index (χ0) is 19.2. The molecular weight excluding hydrogens is 450 g/mol. The van der Waals surface area contributed by atoms with Gasteiger partial charge < -0.3 is 4.74 Å². The molecule has 1 aliphatic heterocycles. The van der Waals surface area contributed by atoms with Gasteiger partial charge in [0.1, 0.15) is 12.4 Å². The van der Waals surface area contributed by atoms with E-state index in [4.69, 9.17) is 16.3 Å². The Bertz CT molecular complexity index is 897. The fourth-order valence-electron chi connectivity index (χ4n) is 2.35. The van der Waals surface area contributed by atoms with Gasteiger partial charge in [0.05, 0.1) is 11.4 Å². The summed E-state index contributed by atoms with van der Waals surface area (Å²) in [6, 6.07) is 16.6. The Kier molecular flexibility index (Phi) is 6.77. The number of hydrogen-bond donors (Lipinski definition) is 0. The number of rotatable bonds is 6. The third-order valence-electron chi connectivity index (χ3n) is 3.64. The van der Waals surface area contributed by atoms with E-state index < -0.39 is 0 Å². The van der Waals surface area contributed by atoms with Crippen molar-refractivity contribution in [3.63, 3.8) is 0 Å². The molecule has 138 valence electrons. The fraction of sp³-hybridized carbons (Fsp3) is 0.100. The number of hydrogen-bond acceptors (Lipinski definition) is 4. The van der Waals surface area contributed by atoms with E-state index in [1.807, 2.05) is 36.4 Å². The summed E-state index contributed by atoms with van der Waals surface area (Å²) in [5.41, 5.74) is 0.996. The van der Waals surface area contributed by atoms with Gasteiger partial charge in [0.15, 0.2) is 0 Å². The van der Waals surface area contributed by atoms with Crippen molar-refractivity contribution in [3.05, 3.63) is 80.6 Å². The highest BCUT2D eigenvalue weighted by molar-refractivity contribution is 9.12. The van der Waals surface area contributed by atoms with Gasteiger partial charge in [-0.25, -0.2) is 0 Å². The van der Waals surface area contributed by atoms with Crippen molar-refractivity contribution < 1.29 is 14.3 Å². The molecule has 1 aliphatic rings. The standard InChI is InChI=1S/C20H15BrClNO3S/c21-15(12-14-4-2-1-3-5-14)13-18-19(24)23(20(25)27-18)10-11-26-17-8-6-16(22)7-9-17/h1-9,12-13H,10-11H2/b15-12-,18-13-. The van der Waals surface area contributed by atoms with Crippen LogP contribution in [-0.4, -0.2) is 29.2 Å². The van der Waals surface area contributed by atoms with E-state index in [1.165, 1.54) is 4.90 Å². The number of carbonyl (C=O) groups excluding carboxylic acids is 2. The lowest BCUT2D eigenvalue weighted by Gasteiger charge is -2.13. The van der Waals surface area contributed by atoms with Gasteiger partial charge in [-0.15, -0.1) is 0 Å². The third-order valence-corrected chi connectivity index (χ3v) is 5.26. The van der Waals surface area contributed by atoms with Gasteiger partial charge in [-0.3, -0.25) is 14.5 Å². The molecule has 0 aliphatic carbocycles. The number of benzene rings is 2. The molecule has 0 aromatic heterocycles. The molecule has 4 nitrogen and oxygen atoms in total. The summed E-state index contributed by atoms with van der Waals surface area (Å²) in [4.78, 5) is 26.2. The molecule has 27 heavy (non-hydrogen) atoms. The monoisotopic (exact) mass is 463 g/mol. The molecule has 1 fully saturated rings. The van der Waals surface area contributed by atoms with Crippen LogP contribution in [0, 0.1) is 0 Å². The lowest BCUT2D eigenvalue weighted by atomic mass is 10.2. The first-order valence-corrected chi connectivity index (χ1v) is 10.1. The Hall–Kier alpha value is -2.02. The van der Waals surface area contributed by atoms with Crippen LogP contribution >= 0.6 is 39.3 Å². The van der Waals surface area contributed by atoms with Gasteiger partial charge in [-0.1, -0.05) is 57.9 Å². The van der Waals surface area contributed by atoms with Gasteiger partial charge in [0.25, 0.3) is 11.1 Å². The average Bonchev–Trinajstić information content (AvgIpc) is 2.91. The predicted octanol–water partition coefficient (Wildman–Crippen LogP) is 5.73. The van der Waals surface area contributed by atoms with Crippen LogP contribution in [0.1, 0.15) is 5.56 Å². The van der Waals surface area contributed by atoms with Crippen LogP contribution in [0.3, 0.4) is 0 Å². The van der Waals surface area contributed by atoms with Crippen molar-refractivity contribution in [1.29, 1.82) is 0 Å². The Morgan fingerprint density at radius 1 is 1.11 bits per heavy atom. The summed E-state index contributed by atoms with van der Waals surface area (Å²) >= 11 is 10.2. The van der Waals surface area contributed by atoms with E-state index in [1.54, 1.807) is 30.3 Å². The van der Waals surface area contributed by atoms with Crippen LogP contribution in [0.25, 0.3) is 6.08 Å². The molecule has 0 unspecified atom stereocenters. The quantitative estimate of drug-likeness (QED) is 0.512. The van der Waals surface area contributed by atoms with Crippen LogP contribution in [0.2, 0.25) is 5.02 Å². The minimum absolute atomic E-state index is 0.185. The van der Waals surface area contributed by atoms with Crippen LogP contribution in [-0.2, 0) is 4.79 Å². The van der Waals surface area contributed by atoms with E-state index >= 15 is 0 Å². The first kappa shape index (κ1) is 19.7. The summed E-state index contributed by atoms with van der Waals surface area (Å²) in [7, 11) is 0. The normalized spacial score (nSPS) is 16.3. The highest BCUT2D eigenvalue weighted by Gasteiger charge is 2.34. The number of ether oxygens (including phenoxy) is 1. The summed E-state index contributed by atoms with van der Waals surface area (Å²) in [5, 5.41) is 0.318. The molecular formula is C20H15BrClNO3S. The molecule has 0 bridgehead atoms. The number of allylic oxidation sites excluding steroid dienone is 2. The third kappa shape index (κ3) is 5.48. The van der Waals surface area contributed by atoms with E-state index in [-0.39, 0.29) is 24.3 Å². The zero-order valence-electron chi connectivity index (χ0n) is 14.1. The van der Waals surface area contributed by atoms with Crippen molar-refractivity contribution in [2.24, 2.45) is 0 Å². The fourth-order valence-corrected chi connectivity index (χ4v) is 3.98. The SMILES string of the molecule is O=C1S/C(=C\C(Br)=C\c2ccccc2)C(=O)N1CCOc1ccc(Cl)cc1. The van der Waals surface area contributed by atoms with Crippen molar-refractivity contribution in [2.75, 3.05) is 13.2 Å². The predicted molar refractivity (Wildman–Crippen MR) is 113 cm³/mol. The second-order valence-corrected chi connectivity index (χ2v) is 7.92. The van der Waals surface area contributed by atoms with Crippen molar-refractivity contribution in [3.8, 4) is 5.75 Å². The molecule has 1 heterocycles. The molecule has 0 radical (unpaired) electrons. The van der Waals surface area contributed by atoms with Gasteiger partial charge in [-0.05, 0) is 53.7 Å². The Morgan fingerprint density at radius 2 is 1.81 bits per heavy atom. The topological polar surface area (TPSA) is 46.6 Å². The van der Waals surface area contributed by atoms with E-state index in [0.29, 0.717) is 15.7 Å². The Labute approximate surface area is 175 Å². The maximum Gasteiger partial charge on any atom is 0.293 e. The number of carbonyl (C=O) groups is 2. The van der Waals surface area contributed by atoms with Crippen LogP contribution in [0.5, 0.6) is 5.75 Å². The number of thioether (sulfide) groups is 1. The molecule has 0 spiro atoms. The second-order valence-electron chi connectivity index (χ2n) is 5.58. The smallest absolute Gasteiger partial charge is 0.293 e. The maximum absolute atomic E-state index is 12.5. The second kappa shape index (κ2) is 9.26. The number of nitrogens with zero attached hydrogens (tertiary/aromatic N) is 1. The van der Waals surface area contributed by atoms with Gasteiger partial charge in [0, 0.05) is 9.51 Å². The molecule has 2 aromatic carbocycles. The van der Waals surface area contributed by atoms with E-state index in [9.17, 15) is 9.59 Å². The lowest BCUT2D eigenvalue weighted by molar-refractivity contribution is -0.123. The number of halogens is 2. The van der Waals surface area contributed by atoms with Gasteiger partial charge >= 0.3 is 0 Å². The maximum atomic E-state index is 12.5. The van der Waals surface area contributed by atoms with Crippen LogP contribution < -0.4 is 4.74 Å². The van der Waals surface area contributed by atoms with Crippen molar-refractivity contribution in [2.45, 2.75) is 0 Å². The molecule has 0 saturated carbocycles. The minimum Gasteiger partial charge on any atom is -0.492 e. The molecule has 0 atom stereocenters. The molecule has 2 amide bonds. The molecule has 0 N–H and O–H groups in total. The number of imide groups is 1. The van der Waals surface area contributed by atoms with E-state index in [0.717, 1.165) is 21.8 Å². The van der Waals surface area contributed by atoms with Crippen LogP contribution in [0.4, 0.5) is 4.79 Å². The lowest BCUT2D eigenvalue weighted by Crippen LogP contribution is -2.32. The van der Waals surface area contributed by atoms with Gasteiger partial charge in [-0.2, -0.15) is 0 Å². The Balaban J connectivity index is 1.60. The minimum atomic E-state index is -0.317.